The highest BCUT2D eigenvalue weighted by molar-refractivity contribution is 6.13. The van der Waals surface area contributed by atoms with Crippen LogP contribution < -0.4 is 5.32 Å². The van der Waals surface area contributed by atoms with Crippen molar-refractivity contribution in [3.05, 3.63) is 65.5 Å². The molecule has 0 saturated heterocycles. The third-order valence-electron chi connectivity index (χ3n) is 8.06. The van der Waals surface area contributed by atoms with Gasteiger partial charge in [-0.2, -0.15) is 0 Å². The molecule has 3 atom stereocenters. The van der Waals surface area contributed by atoms with Gasteiger partial charge in [0.2, 0.25) is 0 Å². The molecule has 0 radical (unpaired) electrons. The van der Waals surface area contributed by atoms with E-state index in [4.69, 9.17) is 4.99 Å². The largest absolute Gasteiger partial charge is 0.323 e. The molecule has 27 heavy (non-hydrogen) atoms. The Kier molecular flexibility index (Phi) is 2.54. The number of rotatable bonds is 0. The number of para-hydroxylation sites is 1. The first-order valence-corrected chi connectivity index (χ1v) is 9.81. The number of benzene rings is 1. The maximum absolute atomic E-state index is 13.7. The Morgan fingerprint density at radius 2 is 2.00 bits per heavy atom. The van der Waals surface area contributed by atoms with Gasteiger partial charge in [0.1, 0.15) is 5.84 Å². The van der Waals surface area contributed by atoms with Crippen molar-refractivity contribution in [2.45, 2.75) is 39.2 Å². The molecule has 0 aromatic heterocycles. The van der Waals surface area contributed by atoms with Crippen LogP contribution in [0.5, 0.6) is 0 Å². The minimum atomic E-state index is -0.815. The molecule has 1 fully saturated rings. The van der Waals surface area contributed by atoms with Gasteiger partial charge in [-0.3, -0.25) is 4.79 Å². The fourth-order valence-electron chi connectivity index (χ4n) is 6.30. The van der Waals surface area contributed by atoms with E-state index in [0.29, 0.717) is 5.92 Å². The van der Waals surface area contributed by atoms with E-state index >= 15 is 0 Å². The number of carbonyl (C=O) groups excluding carboxylic acids is 1. The summed E-state index contributed by atoms with van der Waals surface area (Å²) in [6, 6.07) is 8.14. The lowest BCUT2D eigenvalue weighted by molar-refractivity contribution is -0.123. The van der Waals surface area contributed by atoms with Crippen molar-refractivity contribution in [2.24, 2.45) is 21.7 Å². The molecule has 1 aromatic carbocycles. The lowest BCUT2D eigenvalue weighted by Crippen LogP contribution is -2.55. The van der Waals surface area contributed by atoms with Gasteiger partial charge in [0, 0.05) is 22.9 Å². The first-order valence-electron chi connectivity index (χ1n) is 9.81. The number of amides is 1. The van der Waals surface area contributed by atoms with Crippen LogP contribution in [0.3, 0.4) is 0 Å². The maximum atomic E-state index is 13.7. The summed E-state index contributed by atoms with van der Waals surface area (Å²) in [6.45, 7) is 7.07. The number of allylic oxidation sites excluding steroid dienone is 3. The molecule has 4 heteroatoms. The van der Waals surface area contributed by atoms with Crippen LogP contribution in [0.1, 0.15) is 39.2 Å². The second-order valence-corrected chi connectivity index (χ2v) is 9.16. The van der Waals surface area contributed by atoms with E-state index in [2.05, 4.69) is 37.1 Å². The molecule has 1 amide bonds. The molecular formula is C23H23N3O. The lowest BCUT2D eigenvalue weighted by Gasteiger charge is -2.46. The number of carbonyl (C=O) groups is 1. The fraction of sp³-hybridized carbons (Fsp3) is 0.391. The van der Waals surface area contributed by atoms with Gasteiger partial charge in [0.25, 0.3) is 5.91 Å². The van der Waals surface area contributed by atoms with E-state index in [1.165, 1.54) is 5.57 Å². The van der Waals surface area contributed by atoms with Crippen molar-refractivity contribution < 1.29 is 4.79 Å². The number of nitrogens with one attached hydrogen (secondary N) is 1. The highest BCUT2D eigenvalue weighted by Gasteiger charge is 2.70. The third-order valence-corrected chi connectivity index (χ3v) is 8.06. The summed E-state index contributed by atoms with van der Waals surface area (Å²) < 4.78 is 0. The number of fused-ring (bicyclic) bond motifs is 9. The molecule has 5 aliphatic rings. The van der Waals surface area contributed by atoms with Gasteiger partial charge in [-0.15, -0.1) is 0 Å². The van der Waals surface area contributed by atoms with Crippen LogP contribution in [-0.4, -0.2) is 16.6 Å². The summed E-state index contributed by atoms with van der Waals surface area (Å²) in [5.74, 6) is 1.28. The Labute approximate surface area is 159 Å². The number of anilines is 1. The Morgan fingerprint density at radius 3 is 2.85 bits per heavy atom. The molecule has 6 rings (SSSR count). The number of hydrogen-bond donors (Lipinski definition) is 1. The van der Waals surface area contributed by atoms with Crippen LogP contribution in [0.25, 0.3) is 0 Å². The Morgan fingerprint density at radius 1 is 1.19 bits per heavy atom. The fourth-order valence-corrected chi connectivity index (χ4v) is 6.30. The van der Waals surface area contributed by atoms with Crippen LogP contribution >= 0.6 is 0 Å². The molecule has 1 aromatic rings. The summed E-state index contributed by atoms with van der Waals surface area (Å²) in [5, 5.41) is 3.18. The number of nitrogens with zero attached hydrogens (tertiary/aromatic N) is 2. The Hall–Kier alpha value is -2.62. The lowest BCUT2D eigenvalue weighted by atomic mass is 9.69. The predicted molar refractivity (Wildman–Crippen MR) is 106 cm³/mol. The normalized spacial score (nSPS) is 36.7. The third kappa shape index (κ3) is 1.43. The van der Waals surface area contributed by atoms with Crippen molar-refractivity contribution in [3.8, 4) is 0 Å². The molecule has 4 nitrogen and oxygen atoms in total. The average molecular weight is 357 g/mol. The molecular weight excluding hydrogens is 334 g/mol. The Balaban J connectivity index is 1.74. The highest BCUT2D eigenvalue weighted by Crippen LogP contribution is 2.72. The van der Waals surface area contributed by atoms with Gasteiger partial charge in [-0.05, 0) is 48.0 Å². The molecule has 2 bridgehead atoms. The van der Waals surface area contributed by atoms with Gasteiger partial charge in [0.05, 0.1) is 5.70 Å². The van der Waals surface area contributed by atoms with Gasteiger partial charge in [0.15, 0.2) is 5.54 Å². The zero-order valence-electron chi connectivity index (χ0n) is 15.9. The van der Waals surface area contributed by atoms with Crippen LogP contribution in [0, 0.1) is 16.7 Å². The average Bonchev–Trinajstić information content (AvgIpc) is 3.14. The van der Waals surface area contributed by atoms with Gasteiger partial charge in [-0.1, -0.05) is 45.0 Å². The molecule has 3 aliphatic heterocycles. The van der Waals surface area contributed by atoms with E-state index < -0.39 is 5.54 Å². The summed E-state index contributed by atoms with van der Waals surface area (Å²) in [6.07, 6.45) is 10.3. The molecule has 1 unspecified atom stereocenters. The van der Waals surface area contributed by atoms with Gasteiger partial charge in [-0.25, -0.2) is 4.99 Å². The maximum Gasteiger partial charge on any atom is 0.259 e. The second-order valence-electron chi connectivity index (χ2n) is 9.16. The van der Waals surface area contributed by atoms with Crippen molar-refractivity contribution in [1.29, 1.82) is 0 Å². The van der Waals surface area contributed by atoms with Gasteiger partial charge >= 0.3 is 0 Å². The summed E-state index contributed by atoms with van der Waals surface area (Å²) in [7, 11) is 0. The number of hydrogen-bond acceptors (Lipinski definition) is 3. The van der Waals surface area contributed by atoms with Crippen LogP contribution in [-0.2, 0) is 10.3 Å². The summed E-state index contributed by atoms with van der Waals surface area (Å²) >= 11 is 0. The smallest absolute Gasteiger partial charge is 0.259 e. The monoisotopic (exact) mass is 357 g/mol. The van der Waals surface area contributed by atoms with Crippen molar-refractivity contribution >= 4 is 17.4 Å². The minimum absolute atomic E-state index is 0.00586. The standard InChI is InChI=1S/C23H23N3O/c1-21(2)15-11-12-22(21,3)19-18(15)23(26-13-7-6-10-17(26)25-19)14-8-4-5-9-16(14)24-20(23)27/h4-10,13,15H,11-12H2,1-3H3,(H,24,27)/t15-,22+,23?/m1/s1. The minimum Gasteiger partial charge on any atom is -0.323 e. The van der Waals surface area contributed by atoms with Crippen molar-refractivity contribution in [2.75, 3.05) is 5.32 Å². The molecule has 1 spiro atoms. The predicted octanol–water partition coefficient (Wildman–Crippen LogP) is 4.34. The van der Waals surface area contributed by atoms with Crippen LogP contribution in [0.2, 0.25) is 0 Å². The van der Waals surface area contributed by atoms with E-state index in [-0.39, 0.29) is 16.7 Å². The highest BCUT2D eigenvalue weighted by atomic mass is 16.2. The van der Waals surface area contributed by atoms with E-state index in [1.807, 2.05) is 42.6 Å². The summed E-state index contributed by atoms with van der Waals surface area (Å²) in [4.78, 5) is 20.9. The van der Waals surface area contributed by atoms with E-state index in [1.54, 1.807) is 0 Å². The molecule has 1 saturated carbocycles. The number of amidine groups is 1. The zero-order valence-corrected chi connectivity index (χ0v) is 15.9. The quantitative estimate of drug-likeness (QED) is 0.751. The van der Waals surface area contributed by atoms with Gasteiger partial charge < -0.3 is 10.2 Å². The van der Waals surface area contributed by atoms with Crippen LogP contribution in [0.4, 0.5) is 5.69 Å². The molecule has 1 N–H and O–H groups in total. The van der Waals surface area contributed by atoms with Crippen molar-refractivity contribution in [1.82, 2.24) is 4.90 Å². The van der Waals surface area contributed by atoms with Crippen molar-refractivity contribution in [3.63, 3.8) is 0 Å². The topological polar surface area (TPSA) is 44.7 Å². The molecule has 3 heterocycles. The first kappa shape index (κ1) is 15.4. The second kappa shape index (κ2) is 4.44. The zero-order chi connectivity index (χ0) is 18.6. The summed E-state index contributed by atoms with van der Waals surface area (Å²) in [5.41, 5.74) is 3.64. The Bertz CT molecular complexity index is 1040. The number of aliphatic imine (C=N–C) groups is 1. The first-order chi connectivity index (χ1) is 12.9. The molecule has 136 valence electrons. The van der Waals surface area contributed by atoms with Crippen LogP contribution in [0.15, 0.2) is 65.0 Å². The SMILES string of the molecule is CC1(C)[C@@H]2CC[C@@]1(C)C1=C2C2(C(=O)Nc3ccccc32)N2C=CC=CC2=N1. The molecule has 2 aliphatic carbocycles. The van der Waals surface area contributed by atoms with E-state index in [0.717, 1.165) is 35.6 Å². The van der Waals surface area contributed by atoms with E-state index in [9.17, 15) is 4.79 Å².